The van der Waals surface area contributed by atoms with Gasteiger partial charge in [0.25, 0.3) is 5.69 Å². The third-order valence-electron chi connectivity index (χ3n) is 7.28. The van der Waals surface area contributed by atoms with Crippen molar-refractivity contribution in [1.29, 1.82) is 0 Å². The van der Waals surface area contributed by atoms with Crippen molar-refractivity contribution < 1.29 is 13.3 Å². The number of benzene rings is 1. The van der Waals surface area contributed by atoms with Crippen molar-refractivity contribution in [2.75, 3.05) is 31.1 Å². The van der Waals surface area contributed by atoms with Crippen molar-refractivity contribution in [1.82, 2.24) is 9.21 Å². The molecule has 0 spiro atoms. The van der Waals surface area contributed by atoms with E-state index in [4.69, 9.17) is 0 Å². The second-order valence-corrected chi connectivity index (χ2v) is 11.3. The highest BCUT2D eigenvalue weighted by Gasteiger charge is 2.37. The van der Waals surface area contributed by atoms with Gasteiger partial charge in [0.2, 0.25) is 10.0 Å². The summed E-state index contributed by atoms with van der Waals surface area (Å²) in [5, 5.41) is 11.9. The van der Waals surface area contributed by atoms with Crippen molar-refractivity contribution >= 4 is 21.4 Å². The van der Waals surface area contributed by atoms with Crippen LogP contribution < -0.4 is 4.90 Å². The molecule has 3 heterocycles. The second kappa shape index (κ2) is 9.03. The molecular formula is C22H34N4O4S. The minimum atomic E-state index is -3.70. The van der Waals surface area contributed by atoms with Gasteiger partial charge in [0.1, 0.15) is 5.69 Å². The Hall–Kier alpha value is -1.71. The first-order chi connectivity index (χ1) is 14.8. The van der Waals surface area contributed by atoms with E-state index in [0.717, 1.165) is 45.2 Å². The Morgan fingerprint density at radius 1 is 0.968 bits per heavy atom. The van der Waals surface area contributed by atoms with E-state index in [1.807, 2.05) is 0 Å². The van der Waals surface area contributed by atoms with Gasteiger partial charge in [-0.3, -0.25) is 15.0 Å². The number of sulfonamides is 1. The molecule has 3 saturated heterocycles. The van der Waals surface area contributed by atoms with Crippen molar-refractivity contribution in [2.45, 2.75) is 81.8 Å². The summed E-state index contributed by atoms with van der Waals surface area (Å²) in [6.07, 6.45) is 7.16. The second-order valence-electron chi connectivity index (χ2n) is 9.34. The zero-order chi connectivity index (χ0) is 22.2. The predicted molar refractivity (Wildman–Crippen MR) is 121 cm³/mol. The van der Waals surface area contributed by atoms with Gasteiger partial charge in [-0.25, -0.2) is 8.42 Å². The topological polar surface area (TPSA) is 87.0 Å². The molecule has 3 atom stereocenters. The van der Waals surface area contributed by atoms with Crippen LogP contribution in [0.15, 0.2) is 23.1 Å². The van der Waals surface area contributed by atoms with E-state index in [9.17, 15) is 18.5 Å². The summed E-state index contributed by atoms with van der Waals surface area (Å²) in [6.45, 7) is 7.01. The lowest BCUT2D eigenvalue weighted by Gasteiger charge is -2.42. The summed E-state index contributed by atoms with van der Waals surface area (Å²) in [5.74, 6) is 0. The van der Waals surface area contributed by atoms with Gasteiger partial charge in [-0.05, 0) is 64.5 Å². The largest absolute Gasteiger partial charge is 0.364 e. The van der Waals surface area contributed by atoms with Gasteiger partial charge in [-0.1, -0.05) is 6.42 Å². The first-order valence-electron chi connectivity index (χ1n) is 11.6. The molecule has 1 aromatic rings. The van der Waals surface area contributed by atoms with Crippen LogP contribution in [0, 0.1) is 10.1 Å². The minimum Gasteiger partial charge on any atom is -0.364 e. The number of nitro benzene ring substituents is 1. The van der Waals surface area contributed by atoms with E-state index in [2.05, 4.69) is 23.6 Å². The number of hydrogen-bond donors (Lipinski definition) is 0. The predicted octanol–water partition coefficient (Wildman–Crippen LogP) is 3.61. The molecule has 8 nitrogen and oxygen atoms in total. The Balaban J connectivity index is 1.60. The zero-order valence-corrected chi connectivity index (χ0v) is 19.4. The lowest BCUT2D eigenvalue weighted by Crippen LogP contribution is -2.51. The summed E-state index contributed by atoms with van der Waals surface area (Å²) < 4.78 is 27.5. The normalized spacial score (nSPS) is 28.7. The van der Waals surface area contributed by atoms with E-state index in [0.29, 0.717) is 36.9 Å². The Bertz CT molecular complexity index is 906. The number of piperidine rings is 2. The molecule has 0 amide bonds. The first-order valence-corrected chi connectivity index (χ1v) is 13.0. The van der Waals surface area contributed by atoms with Gasteiger partial charge >= 0.3 is 0 Å². The smallest absolute Gasteiger partial charge is 0.293 e. The number of likely N-dealkylation sites (tertiary alicyclic amines) is 1. The zero-order valence-electron chi connectivity index (χ0n) is 18.6. The molecule has 0 saturated carbocycles. The van der Waals surface area contributed by atoms with Gasteiger partial charge in [0.05, 0.1) is 9.82 Å². The van der Waals surface area contributed by atoms with Gasteiger partial charge in [-0.2, -0.15) is 4.31 Å². The monoisotopic (exact) mass is 450 g/mol. The van der Waals surface area contributed by atoms with Crippen LogP contribution in [0.5, 0.6) is 0 Å². The maximum atomic E-state index is 13.0. The first kappa shape index (κ1) is 22.5. The Labute approximate surface area is 185 Å². The highest BCUT2D eigenvalue weighted by Crippen LogP contribution is 2.36. The summed E-state index contributed by atoms with van der Waals surface area (Å²) in [7, 11) is -3.70. The van der Waals surface area contributed by atoms with Crippen LogP contribution in [-0.4, -0.2) is 66.9 Å². The number of hydrogen-bond acceptors (Lipinski definition) is 6. The molecule has 3 aliphatic heterocycles. The summed E-state index contributed by atoms with van der Waals surface area (Å²) in [4.78, 5) is 16.2. The van der Waals surface area contributed by atoms with Crippen LogP contribution in [0.3, 0.4) is 0 Å². The molecule has 1 aromatic carbocycles. The molecule has 0 unspecified atom stereocenters. The summed E-state index contributed by atoms with van der Waals surface area (Å²) >= 11 is 0. The quantitative estimate of drug-likeness (QED) is 0.503. The average Bonchev–Trinajstić information content (AvgIpc) is 3.12. The fraction of sp³-hybridized carbons (Fsp3) is 0.727. The van der Waals surface area contributed by atoms with E-state index in [1.54, 1.807) is 12.1 Å². The molecule has 0 N–H and O–H groups in total. The number of anilines is 1. The fourth-order valence-corrected chi connectivity index (χ4v) is 7.22. The van der Waals surface area contributed by atoms with Gasteiger partial charge in [0, 0.05) is 50.4 Å². The van der Waals surface area contributed by atoms with Crippen LogP contribution in [0.4, 0.5) is 11.4 Å². The van der Waals surface area contributed by atoms with Crippen LogP contribution >= 0.6 is 0 Å². The highest BCUT2D eigenvalue weighted by molar-refractivity contribution is 7.89. The van der Waals surface area contributed by atoms with E-state index < -0.39 is 14.9 Å². The number of nitrogens with zero attached hydrogens (tertiary/aromatic N) is 4. The maximum absolute atomic E-state index is 13.0. The van der Waals surface area contributed by atoms with Crippen LogP contribution in [0.25, 0.3) is 0 Å². The van der Waals surface area contributed by atoms with Crippen molar-refractivity contribution in [3.8, 4) is 0 Å². The molecule has 172 valence electrons. The van der Waals surface area contributed by atoms with Crippen LogP contribution in [0.2, 0.25) is 0 Å². The van der Waals surface area contributed by atoms with Gasteiger partial charge < -0.3 is 4.90 Å². The molecular weight excluding hydrogens is 416 g/mol. The molecule has 31 heavy (non-hydrogen) atoms. The third kappa shape index (κ3) is 4.45. The Morgan fingerprint density at radius 2 is 1.65 bits per heavy atom. The molecule has 3 fully saturated rings. The summed E-state index contributed by atoms with van der Waals surface area (Å²) in [6, 6.07) is 5.91. The van der Waals surface area contributed by atoms with E-state index in [1.165, 1.54) is 23.2 Å². The maximum Gasteiger partial charge on any atom is 0.293 e. The van der Waals surface area contributed by atoms with Crippen molar-refractivity contribution in [2.24, 2.45) is 0 Å². The molecule has 4 rings (SSSR count). The SMILES string of the molecule is C[C@@H]1CC[C@@H](C)N1[C@@H]1CCCN(c2ccc(S(=O)(=O)N3CCCCC3)cc2[N+](=O)[O-])C1. The van der Waals surface area contributed by atoms with Crippen molar-refractivity contribution in [3.05, 3.63) is 28.3 Å². The Morgan fingerprint density at radius 3 is 2.29 bits per heavy atom. The van der Waals surface area contributed by atoms with Gasteiger partial charge in [-0.15, -0.1) is 0 Å². The summed E-state index contributed by atoms with van der Waals surface area (Å²) in [5.41, 5.74) is 0.424. The molecule has 0 radical (unpaired) electrons. The van der Waals surface area contributed by atoms with Crippen molar-refractivity contribution in [3.63, 3.8) is 0 Å². The van der Waals surface area contributed by atoms with E-state index in [-0.39, 0.29) is 10.6 Å². The molecule has 0 bridgehead atoms. The molecule has 3 aliphatic rings. The minimum absolute atomic E-state index is 0.0280. The fourth-order valence-electron chi connectivity index (χ4n) is 5.68. The van der Waals surface area contributed by atoms with E-state index >= 15 is 0 Å². The lowest BCUT2D eigenvalue weighted by atomic mass is 10.0. The number of nitro groups is 1. The lowest BCUT2D eigenvalue weighted by molar-refractivity contribution is -0.384. The molecule has 0 aromatic heterocycles. The van der Waals surface area contributed by atoms with Gasteiger partial charge in [0.15, 0.2) is 0 Å². The highest BCUT2D eigenvalue weighted by atomic mass is 32.2. The Kier molecular flexibility index (Phi) is 6.55. The van der Waals surface area contributed by atoms with Crippen LogP contribution in [0.1, 0.15) is 58.8 Å². The third-order valence-corrected chi connectivity index (χ3v) is 9.17. The number of rotatable bonds is 5. The van der Waals surface area contributed by atoms with Crippen LogP contribution in [-0.2, 0) is 10.0 Å². The average molecular weight is 451 g/mol. The molecule has 9 heteroatoms. The standard InChI is InChI=1S/C22H34N4O4S/c1-17-8-9-18(2)25(17)19-7-6-12-23(16-19)21-11-10-20(15-22(21)26(27)28)31(29,30)24-13-4-3-5-14-24/h10-11,15,17-19H,3-9,12-14,16H2,1-2H3/t17-,18-,19-/m1/s1. The molecule has 0 aliphatic carbocycles.